The van der Waals surface area contributed by atoms with Gasteiger partial charge in [-0.3, -0.25) is 0 Å². The molecule has 0 heterocycles. The summed E-state index contributed by atoms with van der Waals surface area (Å²) in [5.41, 5.74) is 0. The lowest BCUT2D eigenvalue weighted by atomic mass is 10.1. The van der Waals surface area contributed by atoms with Gasteiger partial charge in [0.15, 0.2) is 0 Å². The third-order valence-electron chi connectivity index (χ3n) is 1.87. The first-order chi connectivity index (χ1) is 6.18. The molecule has 0 bridgehead atoms. The van der Waals surface area contributed by atoms with Crippen LogP contribution in [0, 0.1) is 5.82 Å². The van der Waals surface area contributed by atoms with E-state index in [1.165, 1.54) is 12.1 Å². The summed E-state index contributed by atoms with van der Waals surface area (Å²) in [6, 6.07) is 8.19. The molecule has 13 heavy (non-hydrogen) atoms. The molecule has 0 N–H and O–H groups in total. The van der Waals surface area contributed by atoms with Gasteiger partial charge < -0.3 is 0 Å². The minimum Gasteiger partial charge on any atom is -0.207 e. The molecule has 0 saturated heterocycles. The lowest BCUT2D eigenvalue weighted by molar-refractivity contribution is 0.630. The normalized spacial score (nSPS) is 10.7. The average Bonchev–Trinajstić information content (AvgIpc) is 2.12. The van der Waals surface area contributed by atoms with Crippen LogP contribution in [0.5, 0.6) is 0 Å². The Hall–Kier alpha value is -0.600. The molecule has 2 rings (SSSR count). The highest BCUT2D eigenvalue weighted by atomic mass is 79.9. The molecule has 0 aliphatic heterocycles. The maximum absolute atomic E-state index is 12.8. The molecule has 0 aliphatic carbocycles. The molecule has 0 radical (unpaired) electrons. The Morgan fingerprint density at radius 3 is 2.69 bits per heavy atom. The molecule has 0 nitrogen and oxygen atoms in total. The molecule has 0 saturated carbocycles. The smallest absolute Gasteiger partial charge is 0.123 e. The first kappa shape index (κ1) is 8.97. The summed E-state index contributed by atoms with van der Waals surface area (Å²) in [4.78, 5) is 0. The summed E-state index contributed by atoms with van der Waals surface area (Å²) in [5.74, 6) is -0.245. The minimum atomic E-state index is -0.245. The van der Waals surface area contributed by atoms with E-state index in [0.717, 1.165) is 15.2 Å². The van der Waals surface area contributed by atoms with Crippen molar-refractivity contribution in [2.75, 3.05) is 0 Å². The van der Waals surface area contributed by atoms with Gasteiger partial charge in [0.2, 0.25) is 0 Å². The van der Waals surface area contributed by atoms with E-state index < -0.39 is 0 Å². The van der Waals surface area contributed by atoms with Gasteiger partial charge in [0.25, 0.3) is 0 Å². The zero-order valence-corrected chi connectivity index (χ0v) is 8.86. The Morgan fingerprint density at radius 1 is 1.15 bits per heavy atom. The second-order valence-corrected chi connectivity index (χ2v) is 3.96. The van der Waals surface area contributed by atoms with E-state index in [2.05, 4.69) is 15.9 Å². The molecule has 3 heteroatoms. The van der Waals surface area contributed by atoms with E-state index >= 15 is 0 Å². The largest absolute Gasteiger partial charge is 0.207 e. The van der Waals surface area contributed by atoms with Gasteiger partial charge in [0.1, 0.15) is 5.82 Å². The van der Waals surface area contributed by atoms with Crippen molar-refractivity contribution < 1.29 is 4.39 Å². The predicted molar refractivity (Wildman–Crippen MR) is 56.6 cm³/mol. The standard InChI is InChI=1S/C10H5BrClF/c11-9-4-1-6-5-7(13)2-3-8(6)10(9)12/h1-5H. The second kappa shape index (κ2) is 3.28. The van der Waals surface area contributed by atoms with E-state index in [0.29, 0.717) is 5.02 Å². The fourth-order valence-electron chi connectivity index (χ4n) is 1.24. The maximum atomic E-state index is 12.8. The van der Waals surface area contributed by atoms with Crippen molar-refractivity contribution in [2.45, 2.75) is 0 Å². The van der Waals surface area contributed by atoms with Crippen LogP contribution >= 0.6 is 27.5 Å². The Kier molecular flexibility index (Phi) is 2.26. The molecule has 0 atom stereocenters. The summed E-state index contributed by atoms with van der Waals surface area (Å²) in [7, 11) is 0. The molecule has 0 aliphatic rings. The first-order valence-electron chi connectivity index (χ1n) is 3.72. The summed E-state index contributed by atoms with van der Waals surface area (Å²) in [5, 5.41) is 2.29. The Bertz CT molecular complexity index is 468. The van der Waals surface area contributed by atoms with E-state index in [1.807, 2.05) is 12.1 Å². The molecule has 0 amide bonds. The number of rotatable bonds is 0. The fourth-order valence-corrected chi connectivity index (χ4v) is 1.82. The monoisotopic (exact) mass is 258 g/mol. The van der Waals surface area contributed by atoms with Gasteiger partial charge >= 0.3 is 0 Å². The second-order valence-electron chi connectivity index (χ2n) is 2.73. The van der Waals surface area contributed by atoms with Crippen molar-refractivity contribution in [3.05, 3.63) is 45.6 Å². The van der Waals surface area contributed by atoms with Crippen molar-refractivity contribution in [1.29, 1.82) is 0 Å². The van der Waals surface area contributed by atoms with Crippen LogP contribution in [0.3, 0.4) is 0 Å². The Morgan fingerprint density at radius 2 is 1.92 bits per heavy atom. The van der Waals surface area contributed by atoms with Gasteiger partial charge in [-0.25, -0.2) is 4.39 Å². The highest BCUT2D eigenvalue weighted by molar-refractivity contribution is 9.10. The van der Waals surface area contributed by atoms with Crippen LogP contribution in [0.15, 0.2) is 34.8 Å². The summed E-state index contributed by atoms with van der Waals surface area (Å²) >= 11 is 9.32. The van der Waals surface area contributed by atoms with Gasteiger partial charge in [-0.05, 0) is 45.6 Å². The van der Waals surface area contributed by atoms with Gasteiger partial charge in [-0.2, -0.15) is 0 Å². The summed E-state index contributed by atoms with van der Waals surface area (Å²) in [6.07, 6.45) is 0. The molecule has 0 fully saturated rings. The quantitative estimate of drug-likeness (QED) is 0.658. The highest BCUT2D eigenvalue weighted by Crippen LogP contribution is 2.31. The van der Waals surface area contributed by atoms with Crippen molar-refractivity contribution in [2.24, 2.45) is 0 Å². The lowest BCUT2D eigenvalue weighted by Crippen LogP contribution is -1.78. The van der Waals surface area contributed by atoms with E-state index in [-0.39, 0.29) is 5.82 Å². The number of hydrogen-bond acceptors (Lipinski definition) is 0. The van der Waals surface area contributed by atoms with Crippen LogP contribution in [-0.2, 0) is 0 Å². The molecular weight excluding hydrogens is 254 g/mol. The molecule has 2 aromatic rings. The van der Waals surface area contributed by atoms with Crippen LogP contribution in [0.1, 0.15) is 0 Å². The third kappa shape index (κ3) is 1.56. The summed E-state index contributed by atoms with van der Waals surface area (Å²) in [6.45, 7) is 0. The first-order valence-corrected chi connectivity index (χ1v) is 4.89. The Balaban J connectivity index is 2.87. The SMILES string of the molecule is Fc1ccc2c(Cl)c(Br)ccc2c1. The van der Waals surface area contributed by atoms with Crippen molar-refractivity contribution in [1.82, 2.24) is 0 Å². The molecular formula is C10H5BrClF. The lowest BCUT2D eigenvalue weighted by Gasteiger charge is -2.01. The molecule has 0 unspecified atom stereocenters. The molecule has 2 aromatic carbocycles. The van der Waals surface area contributed by atoms with E-state index in [4.69, 9.17) is 11.6 Å². The maximum Gasteiger partial charge on any atom is 0.123 e. The zero-order chi connectivity index (χ0) is 9.42. The van der Waals surface area contributed by atoms with Crippen molar-refractivity contribution in [3.63, 3.8) is 0 Å². The zero-order valence-electron chi connectivity index (χ0n) is 6.52. The molecule has 66 valence electrons. The molecule has 0 spiro atoms. The molecule has 0 aromatic heterocycles. The van der Waals surface area contributed by atoms with Crippen molar-refractivity contribution >= 4 is 38.3 Å². The van der Waals surface area contributed by atoms with E-state index in [1.54, 1.807) is 6.07 Å². The third-order valence-corrected chi connectivity index (χ3v) is 3.17. The van der Waals surface area contributed by atoms with E-state index in [9.17, 15) is 4.39 Å². The van der Waals surface area contributed by atoms with Gasteiger partial charge in [0, 0.05) is 9.86 Å². The average molecular weight is 260 g/mol. The number of hydrogen-bond donors (Lipinski definition) is 0. The van der Waals surface area contributed by atoms with Gasteiger partial charge in [0.05, 0.1) is 5.02 Å². The van der Waals surface area contributed by atoms with Crippen LogP contribution in [0.2, 0.25) is 5.02 Å². The Labute approximate surface area is 88.4 Å². The fraction of sp³-hybridized carbons (Fsp3) is 0. The number of fused-ring (bicyclic) bond motifs is 1. The van der Waals surface area contributed by atoms with Crippen LogP contribution in [-0.4, -0.2) is 0 Å². The van der Waals surface area contributed by atoms with Crippen molar-refractivity contribution in [3.8, 4) is 0 Å². The van der Waals surface area contributed by atoms with Crippen LogP contribution in [0.4, 0.5) is 4.39 Å². The number of benzene rings is 2. The van der Waals surface area contributed by atoms with Gasteiger partial charge in [-0.1, -0.05) is 17.7 Å². The van der Waals surface area contributed by atoms with Gasteiger partial charge in [-0.15, -0.1) is 0 Å². The van der Waals surface area contributed by atoms with Crippen LogP contribution in [0.25, 0.3) is 10.8 Å². The summed E-state index contributed by atoms with van der Waals surface area (Å²) < 4.78 is 13.6. The van der Waals surface area contributed by atoms with Crippen LogP contribution < -0.4 is 0 Å². The minimum absolute atomic E-state index is 0.245. The highest BCUT2D eigenvalue weighted by Gasteiger charge is 2.03. The predicted octanol–water partition coefficient (Wildman–Crippen LogP) is 4.39. The number of halogens is 3. The topological polar surface area (TPSA) is 0 Å².